The van der Waals surface area contributed by atoms with E-state index in [4.69, 9.17) is 0 Å². The largest absolute Gasteiger partial charge is 0.314 e. The number of rotatable bonds is 4. The fourth-order valence-electron chi connectivity index (χ4n) is 1.90. The van der Waals surface area contributed by atoms with Crippen LogP contribution >= 0.6 is 0 Å². The molecule has 0 saturated carbocycles. The van der Waals surface area contributed by atoms with Crippen molar-refractivity contribution in [2.24, 2.45) is 0 Å². The van der Waals surface area contributed by atoms with E-state index in [-0.39, 0.29) is 0 Å². The van der Waals surface area contributed by atoms with Gasteiger partial charge < -0.3 is 5.32 Å². The lowest BCUT2D eigenvalue weighted by molar-refractivity contribution is 0.324. The number of piperazine rings is 1. The third-order valence-electron chi connectivity index (χ3n) is 2.92. The SMILES string of the molecule is CN(Cc1cccnc1)S(=O)(=O)N1CCNCC1. The predicted molar refractivity (Wildman–Crippen MR) is 69.1 cm³/mol. The third-order valence-corrected chi connectivity index (χ3v) is 4.86. The van der Waals surface area contributed by atoms with Crippen molar-refractivity contribution in [3.63, 3.8) is 0 Å². The average molecular weight is 270 g/mol. The van der Waals surface area contributed by atoms with Gasteiger partial charge in [0.25, 0.3) is 10.2 Å². The molecule has 2 rings (SSSR count). The quantitative estimate of drug-likeness (QED) is 0.813. The molecule has 1 aliphatic heterocycles. The van der Waals surface area contributed by atoms with Crippen molar-refractivity contribution >= 4 is 10.2 Å². The summed E-state index contributed by atoms with van der Waals surface area (Å²) in [5, 5.41) is 3.14. The van der Waals surface area contributed by atoms with E-state index in [0.29, 0.717) is 32.7 Å². The molecule has 7 heteroatoms. The van der Waals surface area contributed by atoms with Crippen molar-refractivity contribution in [2.75, 3.05) is 33.2 Å². The molecule has 0 radical (unpaired) electrons. The first-order valence-electron chi connectivity index (χ1n) is 5.92. The highest BCUT2D eigenvalue weighted by Gasteiger charge is 2.27. The molecule has 0 spiro atoms. The number of hydrogen-bond donors (Lipinski definition) is 1. The Labute approximate surface area is 108 Å². The molecule has 1 saturated heterocycles. The van der Waals surface area contributed by atoms with Crippen LogP contribution < -0.4 is 5.32 Å². The van der Waals surface area contributed by atoms with Gasteiger partial charge >= 0.3 is 0 Å². The summed E-state index contributed by atoms with van der Waals surface area (Å²) in [6.45, 7) is 2.82. The molecule has 6 nitrogen and oxygen atoms in total. The first-order chi connectivity index (χ1) is 8.60. The lowest BCUT2D eigenvalue weighted by Crippen LogP contribution is -2.50. The summed E-state index contributed by atoms with van der Waals surface area (Å²) in [6, 6.07) is 3.68. The molecule has 0 amide bonds. The maximum atomic E-state index is 12.3. The monoisotopic (exact) mass is 270 g/mol. The van der Waals surface area contributed by atoms with Crippen LogP contribution in [-0.4, -0.2) is 55.2 Å². The van der Waals surface area contributed by atoms with E-state index >= 15 is 0 Å². The van der Waals surface area contributed by atoms with Gasteiger partial charge in [0.15, 0.2) is 0 Å². The van der Waals surface area contributed by atoms with E-state index in [1.807, 2.05) is 6.07 Å². The van der Waals surface area contributed by atoms with Crippen molar-refractivity contribution in [3.05, 3.63) is 30.1 Å². The van der Waals surface area contributed by atoms with Crippen LogP contribution in [0.2, 0.25) is 0 Å². The molecule has 0 aromatic carbocycles. The Balaban J connectivity index is 2.05. The zero-order chi connectivity index (χ0) is 13.0. The molecule has 18 heavy (non-hydrogen) atoms. The summed E-state index contributed by atoms with van der Waals surface area (Å²) >= 11 is 0. The van der Waals surface area contributed by atoms with Crippen LogP contribution in [0.25, 0.3) is 0 Å². The van der Waals surface area contributed by atoms with Crippen molar-refractivity contribution in [3.8, 4) is 0 Å². The molecular formula is C11H18N4O2S. The van der Waals surface area contributed by atoms with E-state index < -0.39 is 10.2 Å². The highest BCUT2D eigenvalue weighted by atomic mass is 32.2. The van der Waals surface area contributed by atoms with Crippen LogP contribution in [0.3, 0.4) is 0 Å². The Morgan fingerprint density at radius 2 is 2.17 bits per heavy atom. The molecule has 0 unspecified atom stereocenters. The molecule has 0 atom stereocenters. The van der Waals surface area contributed by atoms with E-state index in [2.05, 4.69) is 10.3 Å². The van der Waals surface area contributed by atoms with Crippen LogP contribution in [0.15, 0.2) is 24.5 Å². The summed E-state index contributed by atoms with van der Waals surface area (Å²) in [4.78, 5) is 3.99. The molecule has 1 aromatic heterocycles. The lowest BCUT2D eigenvalue weighted by atomic mass is 10.3. The molecular weight excluding hydrogens is 252 g/mol. The van der Waals surface area contributed by atoms with Gasteiger partial charge in [-0.3, -0.25) is 4.98 Å². The second-order valence-electron chi connectivity index (χ2n) is 4.27. The number of aromatic nitrogens is 1. The van der Waals surface area contributed by atoms with Gasteiger partial charge in [0.2, 0.25) is 0 Å². The topological polar surface area (TPSA) is 65.5 Å². The summed E-state index contributed by atoms with van der Waals surface area (Å²) in [7, 11) is -1.76. The Hall–Kier alpha value is -1.02. The van der Waals surface area contributed by atoms with E-state index in [1.165, 1.54) is 8.61 Å². The smallest absolute Gasteiger partial charge is 0.282 e. The molecule has 1 N–H and O–H groups in total. The maximum absolute atomic E-state index is 12.3. The standard InChI is InChI=1S/C11H18N4O2S/c1-14(10-11-3-2-4-13-9-11)18(16,17)15-7-5-12-6-8-15/h2-4,9,12H,5-8,10H2,1H3. The van der Waals surface area contributed by atoms with Crippen molar-refractivity contribution in [1.82, 2.24) is 18.9 Å². The summed E-state index contributed by atoms with van der Waals surface area (Å²) in [5.41, 5.74) is 0.888. The third kappa shape index (κ3) is 3.05. The summed E-state index contributed by atoms with van der Waals surface area (Å²) < 4.78 is 27.5. The van der Waals surface area contributed by atoms with E-state index in [1.54, 1.807) is 25.5 Å². The fraction of sp³-hybridized carbons (Fsp3) is 0.545. The minimum absolute atomic E-state index is 0.347. The van der Waals surface area contributed by atoms with Gasteiger partial charge in [-0.2, -0.15) is 17.0 Å². The van der Waals surface area contributed by atoms with Gasteiger partial charge in [0, 0.05) is 52.2 Å². The van der Waals surface area contributed by atoms with Crippen LogP contribution in [0, 0.1) is 0 Å². The van der Waals surface area contributed by atoms with Gasteiger partial charge in [0.1, 0.15) is 0 Å². The number of pyridine rings is 1. The Kier molecular flexibility index (Phi) is 4.28. The van der Waals surface area contributed by atoms with Crippen molar-refractivity contribution in [1.29, 1.82) is 0 Å². The average Bonchev–Trinajstić information content (AvgIpc) is 2.41. The molecule has 0 bridgehead atoms. The Bertz CT molecular complexity index is 471. The Morgan fingerprint density at radius 3 is 2.78 bits per heavy atom. The highest BCUT2D eigenvalue weighted by Crippen LogP contribution is 2.11. The molecule has 1 fully saturated rings. The van der Waals surface area contributed by atoms with Gasteiger partial charge in [-0.25, -0.2) is 0 Å². The first-order valence-corrected chi connectivity index (χ1v) is 7.31. The van der Waals surface area contributed by atoms with Crippen LogP contribution in [-0.2, 0) is 16.8 Å². The van der Waals surface area contributed by atoms with Gasteiger partial charge in [-0.1, -0.05) is 6.07 Å². The first kappa shape index (κ1) is 13.4. The number of hydrogen-bond acceptors (Lipinski definition) is 4. The Morgan fingerprint density at radius 1 is 1.44 bits per heavy atom. The second kappa shape index (κ2) is 5.75. The zero-order valence-electron chi connectivity index (χ0n) is 10.4. The van der Waals surface area contributed by atoms with Crippen LogP contribution in [0.4, 0.5) is 0 Å². The summed E-state index contributed by atoms with van der Waals surface area (Å²) in [5.74, 6) is 0. The zero-order valence-corrected chi connectivity index (χ0v) is 11.2. The van der Waals surface area contributed by atoms with Crippen LogP contribution in [0.5, 0.6) is 0 Å². The lowest BCUT2D eigenvalue weighted by Gasteiger charge is -2.30. The van der Waals surface area contributed by atoms with Crippen molar-refractivity contribution < 1.29 is 8.42 Å². The number of nitrogens with zero attached hydrogens (tertiary/aromatic N) is 3. The van der Waals surface area contributed by atoms with Crippen molar-refractivity contribution in [2.45, 2.75) is 6.54 Å². The molecule has 100 valence electrons. The molecule has 2 heterocycles. The van der Waals surface area contributed by atoms with Crippen LogP contribution in [0.1, 0.15) is 5.56 Å². The maximum Gasteiger partial charge on any atom is 0.282 e. The van der Waals surface area contributed by atoms with Gasteiger partial charge in [0.05, 0.1) is 0 Å². The molecule has 1 aromatic rings. The second-order valence-corrected chi connectivity index (χ2v) is 6.31. The number of nitrogens with one attached hydrogen (secondary N) is 1. The normalized spacial score (nSPS) is 18.1. The highest BCUT2D eigenvalue weighted by molar-refractivity contribution is 7.86. The minimum Gasteiger partial charge on any atom is -0.314 e. The van der Waals surface area contributed by atoms with Gasteiger partial charge in [-0.15, -0.1) is 0 Å². The molecule has 0 aliphatic carbocycles. The fourth-order valence-corrected chi connectivity index (χ4v) is 3.25. The van der Waals surface area contributed by atoms with E-state index in [9.17, 15) is 8.42 Å². The minimum atomic E-state index is -3.36. The van der Waals surface area contributed by atoms with Gasteiger partial charge in [-0.05, 0) is 11.6 Å². The summed E-state index contributed by atoms with van der Waals surface area (Å²) in [6.07, 6.45) is 3.36. The molecule has 1 aliphatic rings. The predicted octanol–water partition coefficient (Wildman–Crippen LogP) is -0.337. The van der Waals surface area contributed by atoms with E-state index in [0.717, 1.165) is 5.56 Å².